The van der Waals surface area contributed by atoms with Crippen LogP contribution in [0, 0.1) is 13.8 Å². The van der Waals surface area contributed by atoms with E-state index in [2.05, 4.69) is 72.4 Å². The molecule has 3 heterocycles. The molecular weight excluding hydrogens is 503 g/mol. The lowest BCUT2D eigenvalue weighted by molar-refractivity contribution is 0.370. The van der Waals surface area contributed by atoms with Crippen molar-refractivity contribution in [2.75, 3.05) is 38.1 Å². The maximum Gasteiger partial charge on any atom is 0.225 e. The topological polar surface area (TPSA) is 74.5 Å². The molecule has 3 aromatic rings. The first-order valence-electron chi connectivity index (χ1n) is 10.2. The highest BCUT2D eigenvalue weighted by atomic mass is 127. The molecule has 9 heteroatoms. The molecule has 0 atom stereocenters. The number of piperazine rings is 1. The highest BCUT2D eigenvalue weighted by Gasteiger charge is 2.21. The van der Waals surface area contributed by atoms with Gasteiger partial charge in [-0.05, 0) is 37.6 Å². The normalized spacial score (nSPS) is 14.4. The van der Waals surface area contributed by atoms with E-state index in [1.807, 2.05) is 24.7 Å². The molecule has 1 N–H and O–H groups in total. The van der Waals surface area contributed by atoms with Crippen LogP contribution < -0.4 is 10.2 Å². The van der Waals surface area contributed by atoms with Gasteiger partial charge in [0, 0.05) is 57.9 Å². The van der Waals surface area contributed by atoms with E-state index in [-0.39, 0.29) is 24.0 Å². The maximum absolute atomic E-state index is 4.65. The first-order valence-corrected chi connectivity index (χ1v) is 10.2. The number of halogens is 1. The fraction of sp³-hybridized carbons (Fsp3) is 0.364. The van der Waals surface area contributed by atoms with Crippen molar-refractivity contribution < 1.29 is 0 Å². The molecule has 4 rings (SSSR count). The van der Waals surface area contributed by atoms with Crippen molar-refractivity contribution in [1.29, 1.82) is 0 Å². The van der Waals surface area contributed by atoms with Gasteiger partial charge in [-0.25, -0.2) is 14.6 Å². The number of guanidine groups is 1. The number of benzene rings is 1. The summed E-state index contributed by atoms with van der Waals surface area (Å²) in [6.45, 7) is 8.27. The summed E-state index contributed by atoms with van der Waals surface area (Å²) >= 11 is 0. The van der Waals surface area contributed by atoms with Crippen molar-refractivity contribution in [3.8, 4) is 5.69 Å². The molecule has 0 radical (unpaired) electrons. The summed E-state index contributed by atoms with van der Waals surface area (Å²) in [5, 5.41) is 8.18. The number of aliphatic imine (C=N–C) groups is 1. The van der Waals surface area contributed by atoms with Crippen molar-refractivity contribution in [3.63, 3.8) is 0 Å². The monoisotopic (exact) mass is 532 g/mol. The third-order valence-electron chi connectivity index (χ3n) is 5.29. The molecule has 164 valence electrons. The van der Waals surface area contributed by atoms with Crippen molar-refractivity contribution in [3.05, 3.63) is 65.7 Å². The molecule has 0 aliphatic carbocycles. The average molecular weight is 532 g/mol. The van der Waals surface area contributed by atoms with Crippen molar-refractivity contribution >= 4 is 35.9 Å². The Morgan fingerprint density at radius 2 is 1.74 bits per heavy atom. The van der Waals surface area contributed by atoms with Crippen LogP contribution in [-0.4, -0.2) is 63.8 Å². The number of anilines is 1. The zero-order chi connectivity index (χ0) is 20.9. The molecular formula is C22H29IN8. The lowest BCUT2D eigenvalue weighted by atomic mass is 10.1. The van der Waals surface area contributed by atoms with E-state index in [4.69, 9.17) is 0 Å². The first-order chi connectivity index (χ1) is 14.7. The van der Waals surface area contributed by atoms with Crippen LogP contribution in [0.15, 0.2) is 53.8 Å². The van der Waals surface area contributed by atoms with Crippen LogP contribution >= 0.6 is 24.0 Å². The third kappa shape index (κ3) is 5.33. The fourth-order valence-electron chi connectivity index (χ4n) is 3.82. The number of hydrogen-bond acceptors (Lipinski definition) is 5. The van der Waals surface area contributed by atoms with Gasteiger partial charge in [-0.1, -0.05) is 18.2 Å². The Morgan fingerprint density at radius 3 is 2.39 bits per heavy atom. The molecule has 1 aliphatic heterocycles. The number of aryl methyl sites for hydroxylation is 2. The van der Waals surface area contributed by atoms with Crippen LogP contribution in [0.4, 0.5) is 5.95 Å². The second-order valence-corrected chi connectivity index (χ2v) is 7.39. The molecule has 0 unspecified atom stereocenters. The summed E-state index contributed by atoms with van der Waals surface area (Å²) in [5.41, 5.74) is 4.42. The van der Waals surface area contributed by atoms with E-state index >= 15 is 0 Å². The standard InChI is InChI=1S/C22H28N8.HI/c1-17-15-18(2)30(27-17)20-8-5-4-7-19(20)16-26-21(23-3)28-11-13-29(14-12-28)22-24-9-6-10-25-22;/h4-10,15H,11-14,16H2,1-3H3,(H,23,26);1H. The van der Waals surface area contributed by atoms with E-state index in [0.29, 0.717) is 6.54 Å². The van der Waals surface area contributed by atoms with E-state index in [0.717, 1.165) is 55.2 Å². The second kappa shape index (κ2) is 10.6. The van der Waals surface area contributed by atoms with E-state index < -0.39 is 0 Å². The quantitative estimate of drug-likeness (QED) is 0.317. The Kier molecular flexibility index (Phi) is 7.83. The number of rotatable bonds is 4. The van der Waals surface area contributed by atoms with Crippen LogP contribution in [-0.2, 0) is 6.54 Å². The van der Waals surface area contributed by atoms with Gasteiger partial charge in [0.15, 0.2) is 5.96 Å². The lowest BCUT2D eigenvalue weighted by Gasteiger charge is -2.36. The maximum atomic E-state index is 4.65. The third-order valence-corrected chi connectivity index (χ3v) is 5.29. The number of hydrogen-bond donors (Lipinski definition) is 1. The highest BCUT2D eigenvalue weighted by Crippen LogP contribution is 2.17. The molecule has 8 nitrogen and oxygen atoms in total. The van der Waals surface area contributed by atoms with Crippen LogP contribution in [0.5, 0.6) is 0 Å². The first kappa shape index (κ1) is 23.0. The van der Waals surface area contributed by atoms with Crippen molar-refractivity contribution in [2.45, 2.75) is 20.4 Å². The van der Waals surface area contributed by atoms with E-state index in [1.165, 1.54) is 5.56 Å². The zero-order valence-electron chi connectivity index (χ0n) is 18.2. The van der Waals surface area contributed by atoms with Crippen LogP contribution in [0.1, 0.15) is 17.0 Å². The van der Waals surface area contributed by atoms with E-state index in [9.17, 15) is 0 Å². The summed E-state index contributed by atoms with van der Waals surface area (Å²) in [5.74, 6) is 1.70. The zero-order valence-corrected chi connectivity index (χ0v) is 20.5. The van der Waals surface area contributed by atoms with Crippen molar-refractivity contribution in [1.82, 2.24) is 30.0 Å². The molecule has 0 spiro atoms. The van der Waals surface area contributed by atoms with Crippen molar-refractivity contribution in [2.24, 2.45) is 4.99 Å². The SMILES string of the molecule is CN=C(NCc1ccccc1-n1nc(C)cc1C)N1CCN(c2ncccn2)CC1.I. The largest absolute Gasteiger partial charge is 0.352 e. The minimum Gasteiger partial charge on any atom is -0.352 e. The van der Waals surface area contributed by atoms with Gasteiger partial charge in [0.25, 0.3) is 0 Å². The van der Waals surface area contributed by atoms with Gasteiger partial charge in [-0.3, -0.25) is 4.99 Å². The van der Waals surface area contributed by atoms with Gasteiger partial charge in [0.2, 0.25) is 5.95 Å². The molecule has 1 saturated heterocycles. The average Bonchev–Trinajstić information content (AvgIpc) is 3.13. The summed E-state index contributed by atoms with van der Waals surface area (Å²) in [6.07, 6.45) is 3.57. The molecule has 1 aliphatic rings. The number of nitrogens with zero attached hydrogens (tertiary/aromatic N) is 7. The second-order valence-electron chi connectivity index (χ2n) is 7.39. The lowest BCUT2D eigenvalue weighted by Crippen LogP contribution is -2.52. The Bertz CT molecular complexity index is 1010. The minimum atomic E-state index is 0. The summed E-state index contributed by atoms with van der Waals surface area (Å²) in [7, 11) is 1.84. The fourth-order valence-corrected chi connectivity index (χ4v) is 3.82. The van der Waals surface area contributed by atoms with Gasteiger partial charge >= 0.3 is 0 Å². The molecule has 0 saturated carbocycles. The Morgan fingerprint density at radius 1 is 1.03 bits per heavy atom. The smallest absolute Gasteiger partial charge is 0.225 e. The van der Waals surface area contributed by atoms with Gasteiger partial charge in [-0.2, -0.15) is 5.10 Å². The van der Waals surface area contributed by atoms with Crippen LogP contribution in [0.3, 0.4) is 0 Å². The molecule has 2 aromatic heterocycles. The molecule has 1 aromatic carbocycles. The Labute approximate surface area is 200 Å². The molecule has 1 fully saturated rings. The van der Waals surface area contributed by atoms with Gasteiger partial charge in [0.1, 0.15) is 0 Å². The number of aromatic nitrogens is 4. The van der Waals surface area contributed by atoms with E-state index in [1.54, 1.807) is 12.4 Å². The van der Waals surface area contributed by atoms with Gasteiger partial charge < -0.3 is 15.1 Å². The molecule has 31 heavy (non-hydrogen) atoms. The Hall–Kier alpha value is -2.69. The summed E-state index contributed by atoms with van der Waals surface area (Å²) in [6, 6.07) is 12.3. The molecule has 0 bridgehead atoms. The summed E-state index contributed by atoms with van der Waals surface area (Å²) < 4.78 is 2.01. The van der Waals surface area contributed by atoms with Gasteiger partial charge in [0.05, 0.1) is 11.4 Å². The Balaban J connectivity index is 0.00000272. The predicted octanol–water partition coefficient (Wildman–Crippen LogP) is 2.79. The van der Waals surface area contributed by atoms with Crippen LogP contribution in [0.2, 0.25) is 0 Å². The highest BCUT2D eigenvalue weighted by molar-refractivity contribution is 14.0. The summed E-state index contributed by atoms with van der Waals surface area (Å²) in [4.78, 5) is 17.7. The number of nitrogens with one attached hydrogen (secondary N) is 1. The minimum absolute atomic E-state index is 0. The molecule has 0 amide bonds. The van der Waals surface area contributed by atoms with Crippen LogP contribution in [0.25, 0.3) is 5.69 Å². The predicted molar refractivity (Wildman–Crippen MR) is 134 cm³/mol. The van der Waals surface area contributed by atoms with Gasteiger partial charge in [-0.15, -0.1) is 24.0 Å². The number of para-hydroxylation sites is 1.